The number of carbonyl (C=O) groups is 1. The number of amides is 1. The molecule has 2 aliphatic rings. The van der Waals surface area contributed by atoms with E-state index in [-0.39, 0.29) is 11.4 Å². The first kappa shape index (κ1) is 7.84. The zero-order valence-electron chi connectivity index (χ0n) is 7.52. The maximum atomic E-state index is 11.1. The first-order chi connectivity index (χ1) is 5.62. The van der Waals surface area contributed by atoms with Crippen LogP contribution in [0.25, 0.3) is 0 Å². The van der Waals surface area contributed by atoms with E-state index < -0.39 is 0 Å². The van der Waals surface area contributed by atoms with Crippen LogP contribution in [0.4, 0.5) is 0 Å². The monoisotopic (exact) mass is 165 g/mol. The summed E-state index contributed by atoms with van der Waals surface area (Å²) in [5, 5.41) is 3.06. The minimum atomic E-state index is -0.0133. The summed E-state index contributed by atoms with van der Waals surface area (Å²) >= 11 is 0. The van der Waals surface area contributed by atoms with E-state index in [4.69, 9.17) is 0 Å². The standard InChI is InChI=1S/C10H15NO/c1-3-8(12)11-10(6-7-10)9(2)4-5-9/h3H,1,4-7H2,2H3,(H,11,12). The SMILES string of the molecule is C=CC(=O)NC1(C2(C)CC2)CC1. The van der Waals surface area contributed by atoms with Crippen molar-refractivity contribution >= 4 is 5.91 Å². The normalized spacial score (nSPS) is 27.4. The zero-order valence-corrected chi connectivity index (χ0v) is 7.52. The minimum Gasteiger partial charge on any atom is -0.347 e. The topological polar surface area (TPSA) is 29.1 Å². The highest BCUT2D eigenvalue weighted by Crippen LogP contribution is 2.63. The molecule has 12 heavy (non-hydrogen) atoms. The van der Waals surface area contributed by atoms with Gasteiger partial charge in [0, 0.05) is 5.54 Å². The van der Waals surface area contributed by atoms with Crippen molar-refractivity contribution in [1.29, 1.82) is 0 Å². The summed E-state index contributed by atoms with van der Waals surface area (Å²) < 4.78 is 0. The lowest BCUT2D eigenvalue weighted by atomic mass is 9.96. The van der Waals surface area contributed by atoms with Gasteiger partial charge in [-0.15, -0.1) is 0 Å². The molecule has 2 fully saturated rings. The van der Waals surface area contributed by atoms with Crippen LogP contribution in [0.2, 0.25) is 0 Å². The third kappa shape index (κ3) is 0.977. The minimum absolute atomic E-state index is 0.0133. The fraction of sp³-hybridized carbons (Fsp3) is 0.700. The van der Waals surface area contributed by atoms with E-state index in [0.29, 0.717) is 5.41 Å². The molecule has 0 aromatic carbocycles. The van der Waals surface area contributed by atoms with Crippen LogP contribution in [0.3, 0.4) is 0 Å². The molecule has 0 aliphatic heterocycles. The van der Waals surface area contributed by atoms with Crippen LogP contribution in [-0.4, -0.2) is 11.4 Å². The molecular weight excluding hydrogens is 150 g/mol. The average Bonchev–Trinajstić information content (AvgIpc) is 2.89. The summed E-state index contributed by atoms with van der Waals surface area (Å²) in [5.41, 5.74) is 0.559. The summed E-state index contributed by atoms with van der Waals surface area (Å²) in [7, 11) is 0. The van der Waals surface area contributed by atoms with Crippen molar-refractivity contribution in [3.8, 4) is 0 Å². The van der Waals surface area contributed by atoms with Crippen LogP contribution in [0.15, 0.2) is 12.7 Å². The molecular formula is C10H15NO. The number of rotatable bonds is 3. The molecule has 0 atom stereocenters. The van der Waals surface area contributed by atoms with Crippen molar-refractivity contribution in [3.05, 3.63) is 12.7 Å². The van der Waals surface area contributed by atoms with Gasteiger partial charge in [0.15, 0.2) is 0 Å². The summed E-state index contributed by atoms with van der Waals surface area (Å²) in [6.45, 7) is 5.73. The molecule has 0 radical (unpaired) electrons. The molecule has 66 valence electrons. The second-order valence-electron chi connectivity index (χ2n) is 4.34. The molecule has 0 spiro atoms. The average molecular weight is 165 g/mol. The third-order valence-electron chi connectivity index (χ3n) is 3.45. The highest BCUT2D eigenvalue weighted by Gasteiger charge is 2.63. The van der Waals surface area contributed by atoms with Gasteiger partial charge in [0.2, 0.25) is 5.91 Å². The van der Waals surface area contributed by atoms with Crippen molar-refractivity contribution in [2.24, 2.45) is 5.41 Å². The van der Waals surface area contributed by atoms with Gasteiger partial charge in [0.05, 0.1) is 0 Å². The highest BCUT2D eigenvalue weighted by molar-refractivity contribution is 5.88. The Labute approximate surface area is 73.0 Å². The fourth-order valence-electron chi connectivity index (χ4n) is 1.96. The van der Waals surface area contributed by atoms with Gasteiger partial charge in [-0.3, -0.25) is 4.79 Å². The number of carbonyl (C=O) groups excluding carboxylic acids is 1. The van der Waals surface area contributed by atoms with Gasteiger partial charge in [-0.1, -0.05) is 13.5 Å². The van der Waals surface area contributed by atoms with Crippen molar-refractivity contribution in [2.45, 2.75) is 38.1 Å². The molecule has 0 heterocycles. The lowest BCUT2D eigenvalue weighted by Crippen LogP contribution is -2.41. The van der Waals surface area contributed by atoms with Crippen molar-refractivity contribution in [1.82, 2.24) is 5.32 Å². The molecule has 0 aromatic heterocycles. The smallest absolute Gasteiger partial charge is 0.243 e. The predicted octanol–water partition coefficient (Wildman–Crippen LogP) is 1.62. The molecule has 0 bridgehead atoms. The molecule has 0 unspecified atom stereocenters. The summed E-state index contributed by atoms with van der Waals surface area (Å²) in [5.74, 6) is -0.0133. The maximum Gasteiger partial charge on any atom is 0.243 e. The van der Waals surface area contributed by atoms with Crippen molar-refractivity contribution in [3.63, 3.8) is 0 Å². The van der Waals surface area contributed by atoms with Gasteiger partial charge in [0.1, 0.15) is 0 Å². The Bertz CT molecular complexity index is 236. The van der Waals surface area contributed by atoms with E-state index in [1.165, 1.54) is 18.9 Å². The number of hydrogen-bond donors (Lipinski definition) is 1. The van der Waals surface area contributed by atoms with Gasteiger partial charge in [-0.2, -0.15) is 0 Å². The molecule has 2 heteroatoms. The Morgan fingerprint density at radius 2 is 2.00 bits per heavy atom. The third-order valence-corrected chi connectivity index (χ3v) is 3.45. The first-order valence-corrected chi connectivity index (χ1v) is 4.57. The molecule has 1 N–H and O–H groups in total. The summed E-state index contributed by atoms with van der Waals surface area (Å²) in [4.78, 5) is 11.1. The molecule has 0 aromatic rings. The van der Waals surface area contributed by atoms with Gasteiger partial charge >= 0.3 is 0 Å². The molecule has 1 amide bonds. The van der Waals surface area contributed by atoms with Gasteiger partial charge in [-0.05, 0) is 37.2 Å². The van der Waals surface area contributed by atoms with E-state index in [0.717, 1.165) is 12.8 Å². The fourth-order valence-corrected chi connectivity index (χ4v) is 1.96. The van der Waals surface area contributed by atoms with Crippen LogP contribution in [-0.2, 0) is 4.79 Å². The Hall–Kier alpha value is -0.790. The van der Waals surface area contributed by atoms with E-state index >= 15 is 0 Å². The first-order valence-electron chi connectivity index (χ1n) is 4.57. The van der Waals surface area contributed by atoms with Crippen LogP contribution < -0.4 is 5.32 Å². The van der Waals surface area contributed by atoms with E-state index in [1.54, 1.807) is 0 Å². The second kappa shape index (κ2) is 2.12. The van der Waals surface area contributed by atoms with Crippen molar-refractivity contribution in [2.75, 3.05) is 0 Å². The predicted molar refractivity (Wildman–Crippen MR) is 47.6 cm³/mol. The zero-order chi connectivity index (χ0) is 8.82. The summed E-state index contributed by atoms with van der Waals surface area (Å²) in [6, 6.07) is 0. The van der Waals surface area contributed by atoms with Gasteiger partial charge in [0.25, 0.3) is 0 Å². The van der Waals surface area contributed by atoms with Gasteiger partial charge in [-0.25, -0.2) is 0 Å². The molecule has 2 nitrogen and oxygen atoms in total. The van der Waals surface area contributed by atoms with Crippen LogP contribution >= 0.6 is 0 Å². The van der Waals surface area contributed by atoms with Crippen molar-refractivity contribution < 1.29 is 4.79 Å². The molecule has 2 aliphatic carbocycles. The number of hydrogen-bond acceptors (Lipinski definition) is 1. The van der Waals surface area contributed by atoms with Crippen LogP contribution in [0.5, 0.6) is 0 Å². The maximum absolute atomic E-state index is 11.1. The largest absolute Gasteiger partial charge is 0.347 e. The second-order valence-corrected chi connectivity index (χ2v) is 4.34. The van der Waals surface area contributed by atoms with Crippen LogP contribution in [0, 0.1) is 5.41 Å². The molecule has 0 saturated heterocycles. The summed E-state index contributed by atoms with van der Waals surface area (Å²) in [6.07, 6.45) is 6.22. The van der Waals surface area contributed by atoms with E-state index in [2.05, 4.69) is 18.8 Å². The Balaban J connectivity index is 2.03. The van der Waals surface area contributed by atoms with E-state index in [1.807, 2.05) is 0 Å². The lowest BCUT2D eigenvalue weighted by molar-refractivity contribution is -0.117. The quantitative estimate of drug-likeness (QED) is 0.633. The lowest BCUT2D eigenvalue weighted by Gasteiger charge is -2.23. The highest BCUT2D eigenvalue weighted by atomic mass is 16.1. The molecule has 2 rings (SSSR count). The van der Waals surface area contributed by atoms with Gasteiger partial charge < -0.3 is 5.32 Å². The van der Waals surface area contributed by atoms with E-state index in [9.17, 15) is 4.79 Å². The molecule has 2 saturated carbocycles. The Morgan fingerprint density at radius 1 is 1.42 bits per heavy atom. The van der Waals surface area contributed by atoms with Crippen LogP contribution in [0.1, 0.15) is 32.6 Å². The number of nitrogens with one attached hydrogen (secondary N) is 1. The Kier molecular flexibility index (Phi) is 1.39. The Morgan fingerprint density at radius 3 is 2.33 bits per heavy atom.